The molecule has 0 aromatic heterocycles. The van der Waals surface area contributed by atoms with Gasteiger partial charge in [0.25, 0.3) is 0 Å². The zero-order valence-electron chi connectivity index (χ0n) is 11.4. The first-order valence-corrected chi connectivity index (χ1v) is 8.23. The highest BCUT2D eigenvalue weighted by atomic mass is 32.2. The van der Waals surface area contributed by atoms with E-state index in [2.05, 4.69) is 0 Å². The summed E-state index contributed by atoms with van der Waals surface area (Å²) >= 11 is 0. The first-order valence-electron chi connectivity index (χ1n) is 6.79. The van der Waals surface area contributed by atoms with Crippen LogP contribution in [0.3, 0.4) is 0 Å². The number of carbonyl (C=O) groups excluding carboxylic acids is 1. The zero-order chi connectivity index (χ0) is 14.8. The molecule has 0 N–H and O–H groups in total. The molecule has 110 valence electrons. The van der Waals surface area contributed by atoms with Crippen LogP contribution in [-0.4, -0.2) is 31.6 Å². The van der Waals surface area contributed by atoms with E-state index in [4.69, 9.17) is 0 Å². The van der Waals surface area contributed by atoms with E-state index in [-0.39, 0.29) is 17.8 Å². The number of hydrogen-bond donors (Lipinski definition) is 0. The Balaban J connectivity index is 2.42. The first kappa shape index (κ1) is 15.1. The molecular formula is C14H18FNO3S. The molecule has 2 rings (SSSR count). The van der Waals surface area contributed by atoms with Gasteiger partial charge in [-0.1, -0.05) is 13.3 Å². The molecule has 1 aliphatic heterocycles. The maximum absolute atomic E-state index is 13.9. The average molecular weight is 299 g/mol. The number of hydrogen-bond acceptors (Lipinski definition) is 3. The van der Waals surface area contributed by atoms with Crippen molar-refractivity contribution >= 4 is 15.8 Å². The third-order valence-corrected chi connectivity index (χ3v) is 5.42. The summed E-state index contributed by atoms with van der Waals surface area (Å²) in [6.45, 7) is 2.51. The molecule has 1 heterocycles. The maximum Gasteiger partial charge on any atom is 0.246 e. The topological polar surface area (TPSA) is 54.5 Å². The molecule has 0 saturated carbocycles. The molecule has 4 nitrogen and oxygen atoms in total. The van der Waals surface area contributed by atoms with Gasteiger partial charge in [0.05, 0.1) is 0 Å². The number of rotatable bonds is 4. The predicted molar refractivity (Wildman–Crippen MR) is 73.6 cm³/mol. The van der Waals surface area contributed by atoms with Crippen molar-refractivity contribution in [2.24, 2.45) is 0 Å². The van der Waals surface area contributed by atoms with Crippen molar-refractivity contribution < 1.29 is 17.6 Å². The quantitative estimate of drug-likeness (QED) is 0.803. The largest absolute Gasteiger partial charge is 0.294 e. The van der Waals surface area contributed by atoms with Crippen LogP contribution >= 0.6 is 0 Å². The highest BCUT2D eigenvalue weighted by Crippen LogP contribution is 2.24. The van der Waals surface area contributed by atoms with Gasteiger partial charge in [-0.3, -0.25) is 4.79 Å². The number of carbonyl (C=O) groups is 1. The summed E-state index contributed by atoms with van der Waals surface area (Å²) in [5.74, 6) is -0.997. The third kappa shape index (κ3) is 2.91. The minimum absolute atomic E-state index is 0.194. The lowest BCUT2D eigenvalue weighted by Crippen LogP contribution is -2.36. The second kappa shape index (κ2) is 6.01. The summed E-state index contributed by atoms with van der Waals surface area (Å²) in [6, 6.07) is 3.54. The Morgan fingerprint density at radius 1 is 1.25 bits per heavy atom. The van der Waals surface area contributed by atoms with Crippen molar-refractivity contribution in [2.75, 3.05) is 13.1 Å². The second-order valence-electron chi connectivity index (χ2n) is 4.89. The predicted octanol–water partition coefficient (Wildman–Crippen LogP) is 2.59. The van der Waals surface area contributed by atoms with Crippen molar-refractivity contribution in [1.82, 2.24) is 4.31 Å². The number of benzene rings is 1. The van der Waals surface area contributed by atoms with E-state index >= 15 is 0 Å². The minimum Gasteiger partial charge on any atom is -0.294 e. The molecule has 1 aromatic rings. The highest BCUT2D eigenvalue weighted by Gasteiger charge is 2.29. The molecule has 1 fully saturated rings. The van der Waals surface area contributed by atoms with Gasteiger partial charge in [0.2, 0.25) is 10.0 Å². The monoisotopic (exact) mass is 299 g/mol. The Hall–Kier alpha value is -1.27. The molecule has 0 atom stereocenters. The Morgan fingerprint density at radius 3 is 2.50 bits per heavy atom. The van der Waals surface area contributed by atoms with Crippen LogP contribution in [0.4, 0.5) is 4.39 Å². The molecule has 1 aromatic carbocycles. The Labute approximate surface area is 118 Å². The fourth-order valence-corrected chi connectivity index (χ4v) is 3.93. The van der Waals surface area contributed by atoms with Gasteiger partial charge in [0.15, 0.2) is 5.78 Å². The molecule has 0 spiro atoms. The van der Waals surface area contributed by atoms with Crippen molar-refractivity contribution in [3.63, 3.8) is 0 Å². The van der Waals surface area contributed by atoms with E-state index in [0.717, 1.165) is 31.4 Å². The van der Waals surface area contributed by atoms with Crippen LogP contribution in [0.2, 0.25) is 0 Å². The van der Waals surface area contributed by atoms with Gasteiger partial charge in [-0.05, 0) is 31.0 Å². The Kier molecular flexibility index (Phi) is 4.55. The summed E-state index contributed by atoms with van der Waals surface area (Å²) < 4.78 is 40.1. The maximum atomic E-state index is 13.9. The number of ketones is 1. The number of piperidine rings is 1. The van der Waals surface area contributed by atoms with Crippen LogP contribution in [0.1, 0.15) is 43.0 Å². The summed E-state index contributed by atoms with van der Waals surface area (Å²) in [5, 5.41) is 0. The van der Waals surface area contributed by atoms with Gasteiger partial charge in [0, 0.05) is 25.1 Å². The molecule has 1 saturated heterocycles. The summed E-state index contributed by atoms with van der Waals surface area (Å²) in [5.41, 5.74) is 0.240. The van der Waals surface area contributed by atoms with Gasteiger partial charge in [-0.15, -0.1) is 0 Å². The van der Waals surface area contributed by atoms with Crippen LogP contribution in [0.15, 0.2) is 23.1 Å². The molecule has 0 radical (unpaired) electrons. The summed E-state index contributed by atoms with van der Waals surface area (Å²) in [6.07, 6.45) is 2.82. The van der Waals surface area contributed by atoms with Crippen LogP contribution < -0.4 is 0 Å². The summed E-state index contributed by atoms with van der Waals surface area (Å²) in [4.78, 5) is 11.3. The third-order valence-electron chi connectivity index (χ3n) is 3.51. The van der Waals surface area contributed by atoms with E-state index in [1.807, 2.05) is 0 Å². The first-order chi connectivity index (χ1) is 9.46. The van der Waals surface area contributed by atoms with Gasteiger partial charge >= 0.3 is 0 Å². The van der Waals surface area contributed by atoms with Crippen molar-refractivity contribution in [1.29, 1.82) is 0 Å². The van der Waals surface area contributed by atoms with E-state index in [0.29, 0.717) is 13.1 Å². The van der Waals surface area contributed by atoms with Gasteiger partial charge in [-0.25, -0.2) is 12.8 Å². The molecule has 0 bridgehead atoms. The normalized spacial score (nSPS) is 17.1. The van der Waals surface area contributed by atoms with Crippen LogP contribution in [0.25, 0.3) is 0 Å². The number of Topliss-reactive ketones (excluding diaryl/α,β-unsaturated/α-hetero) is 1. The fraction of sp³-hybridized carbons (Fsp3) is 0.500. The van der Waals surface area contributed by atoms with E-state index < -0.39 is 20.7 Å². The fourth-order valence-electron chi connectivity index (χ4n) is 2.32. The van der Waals surface area contributed by atoms with E-state index in [1.165, 1.54) is 10.4 Å². The van der Waals surface area contributed by atoms with Crippen LogP contribution in [-0.2, 0) is 10.0 Å². The van der Waals surface area contributed by atoms with Crippen molar-refractivity contribution in [3.05, 3.63) is 29.6 Å². The smallest absolute Gasteiger partial charge is 0.246 e. The minimum atomic E-state index is -3.85. The molecular weight excluding hydrogens is 281 g/mol. The van der Waals surface area contributed by atoms with Crippen LogP contribution in [0.5, 0.6) is 0 Å². The van der Waals surface area contributed by atoms with E-state index in [1.54, 1.807) is 6.92 Å². The molecule has 0 aliphatic carbocycles. The highest BCUT2D eigenvalue weighted by molar-refractivity contribution is 7.89. The van der Waals surface area contributed by atoms with Gasteiger partial charge in [-0.2, -0.15) is 4.31 Å². The summed E-state index contributed by atoms with van der Waals surface area (Å²) in [7, 11) is -3.85. The van der Waals surface area contributed by atoms with Crippen molar-refractivity contribution in [3.8, 4) is 0 Å². The zero-order valence-corrected chi connectivity index (χ0v) is 12.2. The van der Waals surface area contributed by atoms with Crippen LogP contribution in [0, 0.1) is 5.82 Å². The number of sulfonamides is 1. The Bertz CT molecular complexity index is 607. The number of nitrogens with zero attached hydrogens (tertiary/aromatic N) is 1. The number of halogens is 1. The lowest BCUT2D eigenvalue weighted by atomic mass is 10.1. The van der Waals surface area contributed by atoms with Gasteiger partial charge < -0.3 is 0 Å². The average Bonchev–Trinajstić information content (AvgIpc) is 2.47. The van der Waals surface area contributed by atoms with E-state index in [9.17, 15) is 17.6 Å². The standard InChI is InChI=1S/C14H18FNO3S/c1-2-13(17)11-6-7-12(15)14(10-11)20(18,19)16-8-4-3-5-9-16/h6-7,10H,2-5,8-9H2,1H3. The molecule has 0 amide bonds. The lowest BCUT2D eigenvalue weighted by Gasteiger charge is -2.26. The van der Waals surface area contributed by atoms with Gasteiger partial charge in [0.1, 0.15) is 10.7 Å². The molecule has 1 aliphatic rings. The SMILES string of the molecule is CCC(=O)c1ccc(F)c(S(=O)(=O)N2CCCCC2)c1. The molecule has 6 heteroatoms. The Morgan fingerprint density at radius 2 is 1.90 bits per heavy atom. The second-order valence-corrected chi connectivity index (χ2v) is 6.79. The lowest BCUT2D eigenvalue weighted by molar-refractivity contribution is 0.0988. The molecule has 20 heavy (non-hydrogen) atoms. The van der Waals surface area contributed by atoms with Crippen molar-refractivity contribution in [2.45, 2.75) is 37.5 Å². The molecule has 0 unspecified atom stereocenters.